The van der Waals surface area contributed by atoms with Crippen LogP contribution in [-0.2, 0) is 22.6 Å². The van der Waals surface area contributed by atoms with Crippen molar-refractivity contribution in [1.82, 2.24) is 0 Å². The summed E-state index contributed by atoms with van der Waals surface area (Å²) in [6.07, 6.45) is 2.90. The molecule has 0 aliphatic heterocycles. The third kappa shape index (κ3) is 3.66. The fraction of sp³-hybridized carbons (Fsp3) is 0.143. The third-order valence-electron chi connectivity index (χ3n) is 2.58. The van der Waals surface area contributed by atoms with Gasteiger partial charge in [-0.1, -0.05) is 30.3 Å². The summed E-state index contributed by atoms with van der Waals surface area (Å²) >= 11 is 0. The van der Waals surface area contributed by atoms with Crippen LogP contribution < -0.4 is 0 Å². The standard InChI is InChI=1S/C14H12N2O3/c15-16-9-14(17)19-10-12-6-7-18-13(12)8-11-4-2-1-3-5-11/h1-7,9H,8,10H2. The van der Waals surface area contributed by atoms with Crippen LogP contribution in [0.1, 0.15) is 16.9 Å². The maximum absolute atomic E-state index is 11.0. The Kier molecular flexibility index (Phi) is 4.26. The van der Waals surface area contributed by atoms with Crippen molar-refractivity contribution >= 4 is 12.2 Å². The summed E-state index contributed by atoms with van der Waals surface area (Å²) in [5.41, 5.74) is 10.1. The Hall–Kier alpha value is -2.65. The topological polar surface area (TPSA) is 75.8 Å². The third-order valence-corrected chi connectivity index (χ3v) is 2.58. The van der Waals surface area contributed by atoms with Crippen molar-refractivity contribution in [3.63, 3.8) is 0 Å². The molecule has 96 valence electrons. The van der Waals surface area contributed by atoms with E-state index < -0.39 is 5.97 Å². The number of hydrogen-bond donors (Lipinski definition) is 0. The lowest BCUT2D eigenvalue weighted by atomic mass is 10.1. The lowest BCUT2D eigenvalue weighted by Gasteiger charge is -2.02. The predicted molar refractivity (Wildman–Crippen MR) is 67.4 cm³/mol. The molecule has 0 aliphatic rings. The molecule has 0 saturated heterocycles. The van der Waals surface area contributed by atoms with E-state index in [0.717, 1.165) is 16.9 Å². The zero-order valence-electron chi connectivity index (χ0n) is 10.2. The summed E-state index contributed by atoms with van der Waals surface area (Å²) < 4.78 is 10.3. The zero-order valence-corrected chi connectivity index (χ0v) is 10.2. The Labute approximate surface area is 110 Å². The molecule has 0 bridgehead atoms. The summed E-state index contributed by atoms with van der Waals surface area (Å²) in [6.45, 7) is 0.0868. The van der Waals surface area contributed by atoms with Crippen LogP contribution in [0.25, 0.3) is 5.53 Å². The van der Waals surface area contributed by atoms with Crippen LogP contribution in [0, 0.1) is 0 Å². The van der Waals surface area contributed by atoms with Crippen molar-refractivity contribution < 1.29 is 18.7 Å². The van der Waals surface area contributed by atoms with Gasteiger partial charge in [0.05, 0.1) is 6.26 Å². The minimum Gasteiger partial charge on any atom is -0.469 e. The number of hydrogen-bond acceptors (Lipinski definition) is 3. The van der Waals surface area contributed by atoms with Gasteiger partial charge in [-0.2, -0.15) is 4.79 Å². The maximum atomic E-state index is 11.0. The van der Waals surface area contributed by atoms with Crippen molar-refractivity contribution in [3.8, 4) is 0 Å². The molecule has 5 nitrogen and oxygen atoms in total. The van der Waals surface area contributed by atoms with E-state index >= 15 is 0 Å². The molecule has 0 amide bonds. The number of carbonyl (C=O) groups is 1. The first kappa shape index (κ1) is 12.8. The molecule has 1 aromatic carbocycles. The van der Waals surface area contributed by atoms with Gasteiger partial charge >= 0.3 is 12.2 Å². The molecule has 19 heavy (non-hydrogen) atoms. The molecule has 0 N–H and O–H groups in total. The van der Waals surface area contributed by atoms with Crippen LogP contribution in [0.15, 0.2) is 47.1 Å². The smallest absolute Gasteiger partial charge is 0.413 e. The molecular formula is C14H12N2O3. The predicted octanol–water partition coefficient (Wildman–Crippen LogP) is 2.21. The fourth-order valence-corrected chi connectivity index (χ4v) is 1.67. The number of furan rings is 1. The van der Waals surface area contributed by atoms with Crippen LogP contribution in [0.4, 0.5) is 0 Å². The van der Waals surface area contributed by atoms with E-state index in [9.17, 15) is 4.79 Å². The summed E-state index contributed by atoms with van der Waals surface area (Å²) in [5.74, 6) is 0.0503. The number of benzene rings is 1. The monoisotopic (exact) mass is 256 g/mol. The minimum atomic E-state index is -0.700. The Balaban J connectivity index is 2.02. The van der Waals surface area contributed by atoms with Gasteiger partial charge in [0.1, 0.15) is 12.4 Å². The lowest BCUT2D eigenvalue weighted by molar-refractivity contribution is -0.140. The van der Waals surface area contributed by atoms with Crippen molar-refractivity contribution in [2.75, 3.05) is 0 Å². The average molecular weight is 256 g/mol. The number of esters is 1. The molecule has 0 spiro atoms. The first-order chi connectivity index (χ1) is 9.29. The van der Waals surface area contributed by atoms with Gasteiger partial charge in [0.25, 0.3) is 0 Å². The quantitative estimate of drug-likeness (QED) is 0.356. The Morgan fingerprint density at radius 3 is 2.84 bits per heavy atom. The number of rotatable bonds is 5. The summed E-state index contributed by atoms with van der Waals surface area (Å²) in [5, 5.41) is 0. The highest BCUT2D eigenvalue weighted by atomic mass is 16.5. The molecular weight excluding hydrogens is 244 g/mol. The van der Waals surface area contributed by atoms with Gasteiger partial charge < -0.3 is 14.7 Å². The van der Waals surface area contributed by atoms with Crippen LogP contribution >= 0.6 is 0 Å². The van der Waals surface area contributed by atoms with Crippen molar-refractivity contribution in [1.29, 1.82) is 0 Å². The number of ether oxygens (including phenoxy) is 1. The second-order valence-electron chi connectivity index (χ2n) is 3.88. The Bertz CT molecular complexity index is 598. The molecule has 2 rings (SSSR count). The van der Waals surface area contributed by atoms with Gasteiger partial charge in [-0.25, -0.2) is 4.79 Å². The Morgan fingerprint density at radius 2 is 2.11 bits per heavy atom. The van der Waals surface area contributed by atoms with Crippen LogP contribution in [0.5, 0.6) is 0 Å². The van der Waals surface area contributed by atoms with Crippen LogP contribution in [0.3, 0.4) is 0 Å². The first-order valence-electron chi connectivity index (χ1n) is 5.73. The van der Waals surface area contributed by atoms with E-state index in [2.05, 4.69) is 4.79 Å². The molecule has 0 aliphatic carbocycles. The van der Waals surface area contributed by atoms with Gasteiger partial charge in [0, 0.05) is 12.0 Å². The van der Waals surface area contributed by atoms with Gasteiger partial charge in [0.2, 0.25) is 0 Å². The van der Waals surface area contributed by atoms with E-state index in [0.29, 0.717) is 12.6 Å². The highest BCUT2D eigenvalue weighted by molar-refractivity contribution is 6.20. The second kappa shape index (κ2) is 6.33. The zero-order chi connectivity index (χ0) is 13.5. The van der Waals surface area contributed by atoms with Gasteiger partial charge in [-0.15, -0.1) is 0 Å². The van der Waals surface area contributed by atoms with Crippen molar-refractivity contribution in [3.05, 3.63) is 65.1 Å². The molecule has 1 heterocycles. The van der Waals surface area contributed by atoms with E-state index in [4.69, 9.17) is 14.7 Å². The van der Waals surface area contributed by atoms with Gasteiger partial charge in [-0.05, 0) is 11.6 Å². The normalized spacial score (nSPS) is 9.68. The summed E-state index contributed by atoms with van der Waals surface area (Å²) in [6, 6.07) is 11.6. The largest absolute Gasteiger partial charge is 0.469 e. The average Bonchev–Trinajstić information content (AvgIpc) is 2.85. The van der Waals surface area contributed by atoms with Crippen LogP contribution in [-0.4, -0.2) is 17.0 Å². The van der Waals surface area contributed by atoms with E-state index in [-0.39, 0.29) is 6.61 Å². The fourth-order valence-electron chi connectivity index (χ4n) is 1.67. The SMILES string of the molecule is [N-]=[N+]=CC(=O)OCc1ccoc1Cc1ccccc1. The first-order valence-corrected chi connectivity index (χ1v) is 5.73. The Morgan fingerprint density at radius 1 is 1.32 bits per heavy atom. The molecule has 0 unspecified atom stereocenters. The van der Waals surface area contributed by atoms with E-state index in [1.807, 2.05) is 30.3 Å². The molecule has 0 atom stereocenters. The van der Waals surface area contributed by atoms with E-state index in [1.54, 1.807) is 12.3 Å². The number of nitrogens with zero attached hydrogens (tertiary/aromatic N) is 2. The van der Waals surface area contributed by atoms with Crippen molar-refractivity contribution in [2.45, 2.75) is 13.0 Å². The molecule has 0 radical (unpaired) electrons. The lowest BCUT2D eigenvalue weighted by Crippen LogP contribution is -2.06. The second-order valence-corrected chi connectivity index (χ2v) is 3.88. The molecule has 0 saturated carbocycles. The highest BCUT2D eigenvalue weighted by Crippen LogP contribution is 2.16. The summed E-state index contributed by atoms with van der Waals surface area (Å²) in [4.78, 5) is 13.6. The van der Waals surface area contributed by atoms with Crippen molar-refractivity contribution in [2.24, 2.45) is 0 Å². The molecule has 0 fully saturated rings. The van der Waals surface area contributed by atoms with Gasteiger partial charge in [-0.3, -0.25) is 0 Å². The molecule has 5 heteroatoms. The minimum absolute atomic E-state index is 0.0868. The van der Waals surface area contributed by atoms with E-state index in [1.165, 1.54) is 0 Å². The number of carbonyl (C=O) groups excluding carboxylic acids is 1. The van der Waals surface area contributed by atoms with Gasteiger partial charge in [0.15, 0.2) is 0 Å². The highest BCUT2D eigenvalue weighted by Gasteiger charge is 2.10. The summed E-state index contributed by atoms with van der Waals surface area (Å²) in [7, 11) is 0. The molecule has 1 aromatic heterocycles. The van der Waals surface area contributed by atoms with Crippen LogP contribution in [0.2, 0.25) is 0 Å². The molecule has 2 aromatic rings. The maximum Gasteiger partial charge on any atom is 0.413 e.